The molecule has 2 fully saturated rings. The van der Waals surface area contributed by atoms with E-state index in [2.05, 4.69) is 14.9 Å². The largest absolute Gasteiger partial charge is 0.352 e. The molecule has 0 N–H and O–H groups in total. The lowest BCUT2D eigenvalue weighted by atomic mass is 9.96. The Bertz CT molecular complexity index is 842. The summed E-state index contributed by atoms with van der Waals surface area (Å²) in [5.74, 6) is 1.13. The summed E-state index contributed by atoms with van der Waals surface area (Å²) >= 11 is 0. The van der Waals surface area contributed by atoms with E-state index < -0.39 is 0 Å². The maximum Gasteiger partial charge on any atom is 0.227 e. The summed E-state index contributed by atoms with van der Waals surface area (Å²) in [4.78, 5) is 39.4. The summed E-state index contributed by atoms with van der Waals surface area (Å²) < 4.78 is 0. The normalized spacial score (nSPS) is 20.8. The quantitative estimate of drug-likeness (QED) is 0.805. The van der Waals surface area contributed by atoms with Crippen LogP contribution in [0.5, 0.6) is 0 Å². The average molecular weight is 367 g/mol. The molecule has 0 spiro atoms. The third-order valence-electron chi connectivity index (χ3n) is 5.63. The molecule has 2 aliphatic heterocycles. The van der Waals surface area contributed by atoms with Crippen molar-refractivity contribution in [2.24, 2.45) is 5.92 Å². The van der Waals surface area contributed by atoms with E-state index in [0.717, 1.165) is 49.2 Å². The van der Waals surface area contributed by atoms with Gasteiger partial charge in [0.1, 0.15) is 12.1 Å². The zero-order valence-electron chi connectivity index (χ0n) is 15.7. The van der Waals surface area contributed by atoms with Gasteiger partial charge in [0, 0.05) is 51.6 Å². The summed E-state index contributed by atoms with van der Waals surface area (Å²) in [5.41, 5.74) is 0.938. The Morgan fingerprint density at radius 1 is 1.00 bits per heavy atom. The number of benzene rings is 1. The molecule has 1 aromatic carbocycles. The average Bonchev–Trinajstić information content (AvgIpc) is 2.73. The van der Waals surface area contributed by atoms with Crippen LogP contribution in [0.1, 0.15) is 19.8 Å². The summed E-state index contributed by atoms with van der Waals surface area (Å²) in [7, 11) is 0. The highest BCUT2D eigenvalue weighted by molar-refractivity contribution is 5.89. The number of piperidine rings is 1. The van der Waals surface area contributed by atoms with Crippen LogP contribution in [0.3, 0.4) is 0 Å². The molecule has 2 aromatic rings. The van der Waals surface area contributed by atoms with E-state index in [-0.39, 0.29) is 17.7 Å². The number of hydrogen-bond acceptors (Lipinski definition) is 5. The van der Waals surface area contributed by atoms with Crippen LogP contribution in [-0.2, 0) is 9.59 Å². The van der Waals surface area contributed by atoms with E-state index in [9.17, 15) is 9.59 Å². The van der Waals surface area contributed by atoms with Gasteiger partial charge in [0.25, 0.3) is 0 Å². The fraction of sp³-hybridized carbons (Fsp3) is 0.500. The van der Waals surface area contributed by atoms with Crippen molar-refractivity contribution >= 4 is 28.5 Å². The van der Waals surface area contributed by atoms with E-state index in [1.807, 2.05) is 29.2 Å². The second-order valence-electron chi connectivity index (χ2n) is 7.33. The van der Waals surface area contributed by atoms with Crippen LogP contribution in [0.25, 0.3) is 10.9 Å². The predicted molar refractivity (Wildman–Crippen MR) is 103 cm³/mol. The topological polar surface area (TPSA) is 69.6 Å². The fourth-order valence-electron chi connectivity index (χ4n) is 4.10. The molecule has 27 heavy (non-hydrogen) atoms. The minimum Gasteiger partial charge on any atom is -0.352 e. The lowest BCUT2D eigenvalue weighted by molar-refractivity contribution is -0.140. The number of carbonyl (C=O) groups is 2. The number of fused-ring (bicyclic) bond motifs is 1. The summed E-state index contributed by atoms with van der Waals surface area (Å²) in [6, 6.07) is 8.01. The molecule has 7 heteroatoms. The minimum absolute atomic E-state index is 0.0610. The summed E-state index contributed by atoms with van der Waals surface area (Å²) in [6.07, 6.45) is 3.38. The minimum atomic E-state index is -0.0610. The molecule has 1 unspecified atom stereocenters. The molecule has 0 aliphatic carbocycles. The second kappa shape index (κ2) is 7.50. The van der Waals surface area contributed by atoms with Crippen molar-refractivity contribution in [3.63, 3.8) is 0 Å². The van der Waals surface area contributed by atoms with Crippen molar-refractivity contribution in [2.45, 2.75) is 19.8 Å². The van der Waals surface area contributed by atoms with Gasteiger partial charge in [-0.1, -0.05) is 12.1 Å². The standard InChI is InChI=1S/C20H25N5O2/c1-15(26)25-8-4-5-16(13-25)20(27)24-11-9-23(10-12-24)19-17-6-2-3-7-18(17)21-14-22-19/h2-3,6-7,14,16H,4-5,8-13H2,1H3. The van der Waals surface area contributed by atoms with Gasteiger partial charge in [0.15, 0.2) is 0 Å². The van der Waals surface area contributed by atoms with Crippen molar-refractivity contribution in [3.8, 4) is 0 Å². The van der Waals surface area contributed by atoms with Gasteiger partial charge >= 0.3 is 0 Å². The molecule has 2 aliphatic rings. The van der Waals surface area contributed by atoms with Crippen LogP contribution >= 0.6 is 0 Å². The van der Waals surface area contributed by atoms with Gasteiger partial charge in [-0.15, -0.1) is 0 Å². The zero-order chi connectivity index (χ0) is 18.8. The highest BCUT2D eigenvalue weighted by atomic mass is 16.2. The molecule has 0 bridgehead atoms. The highest BCUT2D eigenvalue weighted by Gasteiger charge is 2.32. The number of anilines is 1. The van der Waals surface area contributed by atoms with Crippen molar-refractivity contribution < 1.29 is 9.59 Å². The van der Waals surface area contributed by atoms with Gasteiger partial charge in [0.2, 0.25) is 11.8 Å². The molecule has 1 atom stereocenters. The number of aromatic nitrogens is 2. The van der Waals surface area contributed by atoms with Crippen molar-refractivity contribution in [2.75, 3.05) is 44.2 Å². The molecular formula is C20H25N5O2. The maximum absolute atomic E-state index is 12.9. The molecule has 1 aromatic heterocycles. The first-order valence-corrected chi connectivity index (χ1v) is 9.62. The first-order valence-electron chi connectivity index (χ1n) is 9.62. The number of hydrogen-bond donors (Lipinski definition) is 0. The lowest BCUT2D eigenvalue weighted by Gasteiger charge is -2.39. The molecule has 2 amide bonds. The Hall–Kier alpha value is -2.70. The van der Waals surface area contributed by atoms with Crippen LogP contribution in [0.15, 0.2) is 30.6 Å². The van der Waals surface area contributed by atoms with Gasteiger partial charge in [0.05, 0.1) is 11.4 Å². The molecule has 7 nitrogen and oxygen atoms in total. The number of piperazine rings is 1. The third kappa shape index (κ3) is 3.59. The predicted octanol–water partition coefficient (Wildman–Crippen LogP) is 1.54. The third-order valence-corrected chi connectivity index (χ3v) is 5.63. The smallest absolute Gasteiger partial charge is 0.227 e. The SMILES string of the molecule is CC(=O)N1CCCC(C(=O)N2CCN(c3ncnc4ccccc34)CC2)C1. The zero-order valence-corrected chi connectivity index (χ0v) is 15.7. The molecule has 2 saturated heterocycles. The highest BCUT2D eigenvalue weighted by Crippen LogP contribution is 2.25. The van der Waals surface area contributed by atoms with Crippen molar-refractivity contribution in [1.82, 2.24) is 19.8 Å². The summed E-state index contributed by atoms with van der Waals surface area (Å²) in [6.45, 7) is 5.81. The van der Waals surface area contributed by atoms with Crippen LogP contribution in [-0.4, -0.2) is 70.9 Å². The van der Waals surface area contributed by atoms with Gasteiger partial charge in [-0.05, 0) is 25.0 Å². The van der Waals surface area contributed by atoms with E-state index in [4.69, 9.17) is 0 Å². The second-order valence-corrected chi connectivity index (χ2v) is 7.33. The number of para-hydroxylation sites is 1. The molecular weight excluding hydrogens is 342 g/mol. The van der Waals surface area contributed by atoms with Gasteiger partial charge in [-0.3, -0.25) is 9.59 Å². The Morgan fingerprint density at radius 3 is 2.56 bits per heavy atom. The van der Waals surface area contributed by atoms with E-state index in [1.165, 1.54) is 0 Å². The number of carbonyl (C=O) groups excluding carboxylic acids is 2. The Kier molecular flexibility index (Phi) is 4.92. The number of amides is 2. The summed E-state index contributed by atoms with van der Waals surface area (Å²) in [5, 5.41) is 1.05. The lowest BCUT2D eigenvalue weighted by Crippen LogP contribution is -2.53. The Morgan fingerprint density at radius 2 is 1.78 bits per heavy atom. The van der Waals surface area contributed by atoms with Gasteiger partial charge in [-0.25, -0.2) is 9.97 Å². The van der Waals surface area contributed by atoms with Gasteiger partial charge in [-0.2, -0.15) is 0 Å². The first kappa shape index (κ1) is 17.7. The maximum atomic E-state index is 12.9. The Labute approximate surface area is 159 Å². The fourth-order valence-corrected chi connectivity index (χ4v) is 4.10. The molecule has 142 valence electrons. The van der Waals surface area contributed by atoms with Crippen LogP contribution in [0, 0.1) is 5.92 Å². The molecule has 3 heterocycles. The van der Waals surface area contributed by atoms with Crippen LogP contribution < -0.4 is 4.90 Å². The van der Waals surface area contributed by atoms with Crippen LogP contribution in [0.4, 0.5) is 5.82 Å². The molecule has 0 saturated carbocycles. The number of rotatable bonds is 2. The molecule has 0 radical (unpaired) electrons. The van der Waals surface area contributed by atoms with E-state index in [1.54, 1.807) is 18.2 Å². The van der Waals surface area contributed by atoms with E-state index in [0.29, 0.717) is 19.6 Å². The number of likely N-dealkylation sites (tertiary alicyclic amines) is 1. The van der Waals surface area contributed by atoms with Gasteiger partial charge < -0.3 is 14.7 Å². The first-order chi connectivity index (χ1) is 13.1. The van der Waals surface area contributed by atoms with Crippen molar-refractivity contribution in [3.05, 3.63) is 30.6 Å². The monoisotopic (exact) mass is 367 g/mol. The van der Waals surface area contributed by atoms with Crippen molar-refractivity contribution in [1.29, 1.82) is 0 Å². The number of nitrogens with zero attached hydrogens (tertiary/aromatic N) is 5. The van der Waals surface area contributed by atoms with Crippen LogP contribution in [0.2, 0.25) is 0 Å². The Balaban J connectivity index is 1.41. The van der Waals surface area contributed by atoms with E-state index >= 15 is 0 Å². The molecule has 4 rings (SSSR count).